The Kier molecular flexibility index (Phi) is 11.3. The third-order valence-electron chi connectivity index (χ3n) is 4.89. The fourth-order valence-electron chi connectivity index (χ4n) is 3.24. The van der Waals surface area contributed by atoms with Crippen molar-refractivity contribution in [3.8, 4) is 11.8 Å². The zero-order valence-electron chi connectivity index (χ0n) is 20.8. The summed E-state index contributed by atoms with van der Waals surface area (Å²) in [5.41, 5.74) is 5.73. The second-order valence-corrected chi connectivity index (χ2v) is 7.22. The minimum absolute atomic E-state index is 0.301. The number of ether oxygens (including phenoxy) is 2. The predicted octanol–water partition coefficient (Wildman–Crippen LogP) is 7.40. The highest BCUT2D eigenvalue weighted by Gasteiger charge is 2.14. The van der Waals surface area contributed by atoms with E-state index in [4.69, 9.17) is 21.1 Å². The van der Waals surface area contributed by atoms with Gasteiger partial charge in [0.1, 0.15) is 24.2 Å². The van der Waals surface area contributed by atoms with Gasteiger partial charge in [-0.25, -0.2) is 0 Å². The fourth-order valence-corrected chi connectivity index (χ4v) is 3.38. The standard InChI is InChI=1S/C26H25ClN4O2.C2H6/c1-4-20(9-10-22(14-27)33-17-21-8-6-7-13-29-21)31-26-19(15-28)16-30-23-11-12-24(32-5-2)18(3)25(23)26;1-2/h4,6-14,16H,5,17H2,1-3H3,(H,30,31);1-2H3/b10-9-,20-4+,22-14-;. The van der Waals surface area contributed by atoms with Crippen molar-refractivity contribution >= 4 is 28.2 Å². The van der Waals surface area contributed by atoms with Crippen LogP contribution in [0.2, 0.25) is 0 Å². The number of nitrogens with zero attached hydrogens (tertiary/aromatic N) is 3. The van der Waals surface area contributed by atoms with Gasteiger partial charge in [0.2, 0.25) is 0 Å². The van der Waals surface area contributed by atoms with Crippen LogP contribution in [-0.4, -0.2) is 16.6 Å². The van der Waals surface area contributed by atoms with Crippen LogP contribution in [-0.2, 0) is 11.3 Å². The van der Waals surface area contributed by atoms with Gasteiger partial charge in [0.25, 0.3) is 0 Å². The van der Waals surface area contributed by atoms with Crippen molar-refractivity contribution in [1.82, 2.24) is 9.97 Å². The van der Waals surface area contributed by atoms with E-state index < -0.39 is 0 Å². The molecule has 2 heterocycles. The van der Waals surface area contributed by atoms with Crippen LogP contribution in [0.3, 0.4) is 0 Å². The summed E-state index contributed by atoms with van der Waals surface area (Å²) in [7, 11) is 0. The Hall–Kier alpha value is -3.82. The van der Waals surface area contributed by atoms with Crippen LogP contribution in [0.1, 0.15) is 44.5 Å². The monoisotopic (exact) mass is 490 g/mol. The normalized spacial score (nSPS) is 11.6. The average molecular weight is 491 g/mol. The van der Waals surface area contributed by atoms with Gasteiger partial charge in [-0.1, -0.05) is 37.6 Å². The summed E-state index contributed by atoms with van der Waals surface area (Å²) in [4.78, 5) is 8.68. The summed E-state index contributed by atoms with van der Waals surface area (Å²) < 4.78 is 11.5. The molecular formula is C28H31ClN4O2. The van der Waals surface area contributed by atoms with Crippen molar-refractivity contribution in [2.24, 2.45) is 0 Å². The van der Waals surface area contributed by atoms with E-state index in [0.717, 1.165) is 33.6 Å². The highest BCUT2D eigenvalue weighted by atomic mass is 35.5. The minimum atomic E-state index is 0.301. The first-order valence-corrected chi connectivity index (χ1v) is 11.9. The summed E-state index contributed by atoms with van der Waals surface area (Å²) in [6.07, 6.45) is 8.77. The third kappa shape index (κ3) is 7.33. The Labute approximate surface area is 212 Å². The Morgan fingerprint density at radius 1 is 1.17 bits per heavy atom. The summed E-state index contributed by atoms with van der Waals surface area (Å²) in [5.74, 6) is 1.25. The lowest BCUT2D eigenvalue weighted by atomic mass is 10.0. The van der Waals surface area contributed by atoms with E-state index in [1.165, 1.54) is 5.54 Å². The summed E-state index contributed by atoms with van der Waals surface area (Å²) in [6, 6.07) is 11.7. The first-order chi connectivity index (χ1) is 17.1. The number of aryl methyl sites for hydroxylation is 1. The van der Waals surface area contributed by atoms with Crippen molar-refractivity contribution in [2.45, 2.75) is 41.2 Å². The number of allylic oxidation sites excluding steroid dienone is 3. The predicted molar refractivity (Wildman–Crippen MR) is 143 cm³/mol. The number of nitrogens with one attached hydrogen (secondary N) is 1. The summed E-state index contributed by atoms with van der Waals surface area (Å²) in [6.45, 7) is 10.7. The molecule has 0 saturated heterocycles. The third-order valence-corrected chi connectivity index (χ3v) is 5.11. The summed E-state index contributed by atoms with van der Waals surface area (Å²) >= 11 is 5.95. The van der Waals surface area contributed by atoms with E-state index in [-0.39, 0.29) is 0 Å². The molecule has 0 radical (unpaired) electrons. The lowest BCUT2D eigenvalue weighted by Gasteiger charge is -2.16. The number of anilines is 1. The van der Waals surface area contributed by atoms with Crippen molar-refractivity contribution in [3.05, 3.63) is 94.8 Å². The highest BCUT2D eigenvalue weighted by Crippen LogP contribution is 2.34. The zero-order valence-corrected chi connectivity index (χ0v) is 21.6. The van der Waals surface area contributed by atoms with Gasteiger partial charge in [-0.3, -0.25) is 9.97 Å². The SMILES string of the molecule is CC.C\C=C(/C=C\C(=C\Cl)OCc1ccccn1)Nc1c(C#N)cnc2ccc(OCC)c(C)c12. The van der Waals surface area contributed by atoms with E-state index >= 15 is 0 Å². The minimum Gasteiger partial charge on any atom is -0.494 e. The van der Waals surface area contributed by atoms with Gasteiger partial charge in [-0.15, -0.1) is 0 Å². The molecule has 0 saturated carbocycles. The molecule has 0 aliphatic rings. The Bertz CT molecular complexity index is 1250. The summed E-state index contributed by atoms with van der Waals surface area (Å²) in [5, 5.41) is 13.9. The first kappa shape index (κ1) is 27.4. The maximum absolute atomic E-state index is 9.71. The van der Waals surface area contributed by atoms with Crippen molar-refractivity contribution in [1.29, 1.82) is 5.26 Å². The van der Waals surface area contributed by atoms with Crippen LogP contribution < -0.4 is 10.1 Å². The second-order valence-electron chi connectivity index (χ2n) is 7.00. The van der Waals surface area contributed by atoms with Gasteiger partial charge in [0.15, 0.2) is 0 Å². The lowest BCUT2D eigenvalue weighted by Crippen LogP contribution is -2.03. The Balaban J connectivity index is 0.00000210. The largest absolute Gasteiger partial charge is 0.494 e. The Morgan fingerprint density at radius 3 is 2.60 bits per heavy atom. The molecule has 0 atom stereocenters. The van der Waals surface area contributed by atoms with Crippen LogP contribution in [0.5, 0.6) is 5.75 Å². The molecule has 2 aromatic heterocycles. The fraction of sp³-hybridized carbons (Fsp3) is 0.250. The molecule has 0 bridgehead atoms. The van der Waals surface area contributed by atoms with E-state index in [1.807, 2.05) is 77.1 Å². The number of fused-ring (bicyclic) bond motifs is 1. The Morgan fingerprint density at radius 2 is 1.97 bits per heavy atom. The zero-order chi connectivity index (χ0) is 25.6. The van der Waals surface area contributed by atoms with Crippen LogP contribution in [0.4, 0.5) is 5.69 Å². The first-order valence-electron chi connectivity index (χ1n) is 11.5. The smallest absolute Gasteiger partial charge is 0.131 e. The van der Waals surface area contributed by atoms with Crippen LogP contribution in [0, 0.1) is 18.3 Å². The molecule has 35 heavy (non-hydrogen) atoms. The van der Waals surface area contributed by atoms with E-state index in [9.17, 15) is 5.26 Å². The van der Waals surface area contributed by atoms with Gasteiger partial charge >= 0.3 is 0 Å². The number of pyridine rings is 2. The van der Waals surface area contributed by atoms with Gasteiger partial charge < -0.3 is 14.8 Å². The maximum Gasteiger partial charge on any atom is 0.131 e. The van der Waals surface area contributed by atoms with Crippen molar-refractivity contribution in [3.63, 3.8) is 0 Å². The molecule has 3 aromatic rings. The molecule has 0 aliphatic carbocycles. The number of nitriles is 1. The number of aromatic nitrogens is 2. The van der Waals surface area contributed by atoms with Crippen LogP contribution >= 0.6 is 11.6 Å². The number of hydrogen-bond donors (Lipinski definition) is 1. The molecule has 0 aliphatic heterocycles. The maximum atomic E-state index is 9.71. The second kappa shape index (κ2) is 14.4. The van der Waals surface area contributed by atoms with Crippen molar-refractivity contribution < 1.29 is 9.47 Å². The molecule has 182 valence electrons. The van der Waals surface area contributed by atoms with E-state index in [2.05, 4.69) is 21.4 Å². The number of halogens is 1. The molecule has 1 aromatic carbocycles. The molecule has 0 spiro atoms. The quantitative estimate of drug-likeness (QED) is 0.248. The topological polar surface area (TPSA) is 80.1 Å². The highest BCUT2D eigenvalue weighted by molar-refractivity contribution is 6.25. The number of hydrogen-bond acceptors (Lipinski definition) is 6. The molecule has 6 nitrogen and oxygen atoms in total. The molecule has 7 heteroatoms. The van der Waals surface area contributed by atoms with E-state index in [1.54, 1.807) is 18.5 Å². The lowest BCUT2D eigenvalue weighted by molar-refractivity contribution is 0.208. The molecular weight excluding hydrogens is 460 g/mol. The van der Waals surface area contributed by atoms with Crippen molar-refractivity contribution in [2.75, 3.05) is 11.9 Å². The molecule has 0 fully saturated rings. The van der Waals surface area contributed by atoms with Gasteiger partial charge in [-0.05, 0) is 57.2 Å². The van der Waals surface area contributed by atoms with Gasteiger partial charge in [0, 0.05) is 34.6 Å². The molecule has 1 N–H and O–H groups in total. The van der Waals surface area contributed by atoms with Crippen LogP contribution in [0.25, 0.3) is 10.9 Å². The van der Waals surface area contributed by atoms with Gasteiger partial charge in [0.05, 0.1) is 29.1 Å². The number of benzene rings is 1. The van der Waals surface area contributed by atoms with Gasteiger partial charge in [-0.2, -0.15) is 5.26 Å². The van der Waals surface area contributed by atoms with Crippen LogP contribution in [0.15, 0.2) is 77.9 Å². The molecule has 0 unspecified atom stereocenters. The average Bonchev–Trinajstić information content (AvgIpc) is 2.91. The molecule has 3 rings (SSSR count). The number of rotatable bonds is 9. The molecule has 0 amide bonds. The van der Waals surface area contributed by atoms with E-state index in [0.29, 0.717) is 30.2 Å².